The average molecular weight is 408 g/mol. The highest BCUT2D eigenvalue weighted by Crippen LogP contribution is 2.34. The monoisotopic (exact) mass is 407 g/mol. The number of anilines is 2. The minimum atomic E-state index is -0.597. The molecule has 2 aromatic rings. The number of nitrogens with one attached hydrogen (secondary N) is 1. The van der Waals surface area contributed by atoms with Crippen LogP contribution in [0.15, 0.2) is 24.3 Å². The van der Waals surface area contributed by atoms with Gasteiger partial charge in [-0.3, -0.25) is 4.79 Å². The fourth-order valence-electron chi connectivity index (χ4n) is 3.30. The van der Waals surface area contributed by atoms with E-state index in [2.05, 4.69) is 10.3 Å². The lowest BCUT2D eigenvalue weighted by Gasteiger charge is -2.31. The third-order valence-electron chi connectivity index (χ3n) is 4.54. The number of nitrogens with zero attached hydrogens (tertiary/aromatic N) is 2. The van der Waals surface area contributed by atoms with E-state index in [1.165, 1.54) is 12.1 Å². The highest BCUT2D eigenvalue weighted by molar-refractivity contribution is 6.33. The molecule has 150 valence electrons. The standard InChI is InChI=1S/C21H24ClF2N3O/c1-21(2,3)11-19(28)26-20-15(22)10-18-17(25-20)5-4-8-27(18)12-13-6-7-14(23)9-16(13)24/h6-7,9-10H,4-5,8,11-12H2,1-3H3,(H,25,26,28). The Balaban J connectivity index is 1.82. The average Bonchev–Trinajstić information content (AvgIpc) is 2.57. The third-order valence-corrected chi connectivity index (χ3v) is 4.83. The number of aryl methyl sites for hydroxylation is 1. The number of amides is 1. The van der Waals surface area contributed by atoms with Crippen molar-refractivity contribution in [2.45, 2.75) is 46.6 Å². The van der Waals surface area contributed by atoms with Gasteiger partial charge in [-0.15, -0.1) is 0 Å². The molecular weight excluding hydrogens is 384 g/mol. The van der Waals surface area contributed by atoms with Crippen LogP contribution in [0.4, 0.5) is 20.3 Å². The second-order valence-corrected chi connectivity index (χ2v) is 8.74. The molecule has 4 nitrogen and oxygen atoms in total. The first-order chi connectivity index (χ1) is 13.1. The molecule has 0 spiro atoms. The molecule has 0 bridgehead atoms. The summed E-state index contributed by atoms with van der Waals surface area (Å²) in [4.78, 5) is 18.8. The summed E-state index contributed by atoms with van der Waals surface area (Å²) in [6.07, 6.45) is 1.95. The fourth-order valence-corrected chi connectivity index (χ4v) is 3.49. The summed E-state index contributed by atoms with van der Waals surface area (Å²) in [6.45, 7) is 6.98. The third kappa shape index (κ3) is 4.98. The van der Waals surface area contributed by atoms with Crippen LogP contribution in [0.3, 0.4) is 0 Å². The lowest BCUT2D eigenvalue weighted by atomic mass is 9.92. The second kappa shape index (κ2) is 8.03. The topological polar surface area (TPSA) is 45.2 Å². The van der Waals surface area contributed by atoms with Gasteiger partial charge in [0.05, 0.1) is 16.4 Å². The van der Waals surface area contributed by atoms with Crippen LogP contribution in [0, 0.1) is 17.0 Å². The molecule has 1 aromatic heterocycles. The van der Waals surface area contributed by atoms with E-state index in [9.17, 15) is 13.6 Å². The Labute approximate surface area is 168 Å². The van der Waals surface area contributed by atoms with Crippen molar-refractivity contribution in [3.8, 4) is 0 Å². The molecule has 2 heterocycles. The van der Waals surface area contributed by atoms with Gasteiger partial charge in [0.25, 0.3) is 0 Å². The molecule has 7 heteroatoms. The summed E-state index contributed by atoms with van der Waals surface area (Å²) in [5.41, 5.74) is 1.90. The van der Waals surface area contributed by atoms with Gasteiger partial charge in [0.2, 0.25) is 5.91 Å². The molecule has 0 fully saturated rings. The van der Waals surface area contributed by atoms with Gasteiger partial charge >= 0.3 is 0 Å². The maximum atomic E-state index is 14.0. The van der Waals surface area contributed by atoms with Gasteiger partial charge in [-0.25, -0.2) is 13.8 Å². The maximum Gasteiger partial charge on any atom is 0.226 e. The van der Waals surface area contributed by atoms with Crippen molar-refractivity contribution in [1.82, 2.24) is 4.98 Å². The van der Waals surface area contributed by atoms with E-state index in [-0.39, 0.29) is 11.3 Å². The fraction of sp³-hybridized carbons (Fsp3) is 0.429. The normalized spacial score (nSPS) is 14.0. The van der Waals surface area contributed by atoms with Crippen LogP contribution in [-0.2, 0) is 17.8 Å². The molecule has 0 saturated carbocycles. The number of benzene rings is 1. The van der Waals surface area contributed by atoms with Crippen molar-refractivity contribution < 1.29 is 13.6 Å². The lowest BCUT2D eigenvalue weighted by Crippen LogP contribution is -2.30. The molecule has 28 heavy (non-hydrogen) atoms. The first-order valence-corrected chi connectivity index (χ1v) is 9.68. The van der Waals surface area contributed by atoms with E-state index in [1.807, 2.05) is 25.7 Å². The molecule has 1 aromatic carbocycles. The van der Waals surface area contributed by atoms with Gasteiger partial charge in [-0.1, -0.05) is 38.4 Å². The van der Waals surface area contributed by atoms with E-state index >= 15 is 0 Å². The van der Waals surface area contributed by atoms with E-state index < -0.39 is 11.6 Å². The number of pyridine rings is 1. The molecular formula is C21H24ClF2N3O. The van der Waals surface area contributed by atoms with Gasteiger partial charge in [0, 0.05) is 31.1 Å². The molecule has 1 aliphatic rings. The summed E-state index contributed by atoms with van der Waals surface area (Å²) in [5, 5.41) is 3.13. The SMILES string of the molecule is CC(C)(C)CC(=O)Nc1nc2c(cc1Cl)N(Cc1ccc(F)cc1F)CCC2. The van der Waals surface area contributed by atoms with Crippen LogP contribution in [0.5, 0.6) is 0 Å². The van der Waals surface area contributed by atoms with Crippen LogP contribution in [0.25, 0.3) is 0 Å². The zero-order valence-corrected chi connectivity index (χ0v) is 17.0. The van der Waals surface area contributed by atoms with Gasteiger partial charge in [-0.05, 0) is 30.4 Å². The van der Waals surface area contributed by atoms with Crippen LogP contribution in [0.1, 0.15) is 44.9 Å². The van der Waals surface area contributed by atoms with Crippen molar-refractivity contribution in [2.75, 3.05) is 16.8 Å². The molecule has 1 aliphatic heterocycles. The number of hydrogen-bond donors (Lipinski definition) is 1. The summed E-state index contributed by atoms with van der Waals surface area (Å²) in [6, 6.07) is 5.36. The van der Waals surface area contributed by atoms with Gasteiger partial charge in [0.15, 0.2) is 5.82 Å². The molecule has 3 rings (SSSR count). The number of halogens is 3. The Morgan fingerprint density at radius 3 is 2.71 bits per heavy atom. The predicted octanol–water partition coefficient (Wildman–Crippen LogP) is 5.34. The summed E-state index contributed by atoms with van der Waals surface area (Å²) in [7, 11) is 0. The minimum Gasteiger partial charge on any atom is -0.366 e. The molecule has 0 radical (unpaired) electrons. The minimum absolute atomic E-state index is 0.136. The van der Waals surface area contributed by atoms with E-state index in [4.69, 9.17) is 11.6 Å². The molecule has 0 unspecified atom stereocenters. The van der Waals surface area contributed by atoms with Crippen molar-refractivity contribution >= 4 is 29.0 Å². The first kappa shape index (κ1) is 20.5. The Hall–Kier alpha value is -2.21. The van der Waals surface area contributed by atoms with Gasteiger partial charge < -0.3 is 10.2 Å². The highest BCUT2D eigenvalue weighted by atomic mass is 35.5. The number of rotatable bonds is 4. The number of aromatic nitrogens is 1. The van der Waals surface area contributed by atoms with Crippen LogP contribution < -0.4 is 10.2 Å². The molecule has 0 aliphatic carbocycles. The Kier molecular flexibility index (Phi) is 5.89. The summed E-state index contributed by atoms with van der Waals surface area (Å²) >= 11 is 6.37. The first-order valence-electron chi connectivity index (χ1n) is 9.30. The van der Waals surface area contributed by atoms with E-state index in [1.54, 1.807) is 6.07 Å². The largest absolute Gasteiger partial charge is 0.366 e. The number of hydrogen-bond acceptors (Lipinski definition) is 3. The van der Waals surface area contributed by atoms with Crippen molar-refractivity contribution in [2.24, 2.45) is 5.41 Å². The van der Waals surface area contributed by atoms with Crippen LogP contribution >= 0.6 is 11.6 Å². The number of fused-ring (bicyclic) bond motifs is 1. The molecule has 0 atom stereocenters. The lowest BCUT2D eigenvalue weighted by molar-refractivity contribution is -0.117. The van der Waals surface area contributed by atoms with E-state index in [0.717, 1.165) is 36.8 Å². The Bertz CT molecular complexity index is 896. The Morgan fingerprint density at radius 1 is 1.29 bits per heavy atom. The predicted molar refractivity (Wildman–Crippen MR) is 108 cm³/mol. The van der Waals surface area contributed by atoms with Crippen molar-refractivity contribution in [1.29, 1.82) is 0 Å². The second-order valence-electron chi connectivity index (χ2n) is 8.33. The molecule has 0 saturated heterocycles. The van der Waals surface area contributed by atoms with Crippen LogP contribution in [0.2, 0.25) is 5.02 Å². The summed E-state index contributed by atoms with van der Waals surface area (Å²) < 4.78 is 27.2. The van der Waals surface area contributed by atoms with Crippen LogP contribution in [-0.4, -0.2) is 17.4 Å². The zero-order valence-electron chi connectivity index (χ0n) is 16.3. The van der Waals surface area contributed by atoms with E-state index in [0.29, 0.717) is 29.4 Å². The molecule has 1 amide bonds. The maximum absolute atomic E-state index is 14.0. The van der Waals surface area contributed by atoms with Crippen molar-refractivity contribution in [3.63, 3.8) is 0 Å². The quantitative estimate of drug-likeness (QED) is 0.743. The zero-order chi connectivity index (χ0) is 20.5. The van der Waals surface area contributed by atoms with Crippen molar-refractivity contribution in [3.05, 3.63) is 52.2 Å². The molecule has 1 N–H and O–H groups in total. The summed E-state index contributed by atoms with van der Waals surface area (Å²) in [5.74, 6) is -0.953. The number of carbonyl (C=O) groups is 1. The highest BCUT2D eigenvalue weighted by Gasteiger charge is 2.23. The smallest absolute Gasteiger partial charge is 0.226 e. The van der Waals surface area contributed by atoms with Gasteiger partial charge in [-0.2, -0.15) is 0 Å². The van der Waals surface area contributed by atoms with Gasteiger partial charge in [0.1, 0.15) is 11.6 Å². The Morgan fingerprint density at radius 2 is 2.04 bits per heavy atom. The number of carbonyl (C=O) groups excluding carboxylic acids is 1.